The summed E-state index contributed by atoms with van der Waals surface area (Å²) in [6.07, 6.45) is 0. The van der Waals surface area contributed by atoms with E-state index in [1.165, 1.54) is 0 Å². The van der Waals surface area contributed by atoms with E-state index in [2.05, 4.69) is 21.4 Å². The second-order valence-corrected chi connectivity index (χ2v) is 4.13. The molecule has 0 fully saturated rings. The Morgan fingerprint density at radius 1 is 1.37 bits per heavy atom. The summed E-state index contributed by atoms with van der Waals surface area (Å²) in [5.41, 5.74) is 1.33. The monoisotopic (exact) mass is 274 g/mol. The van der Waals surface area contributed by atoms with Crippen LogP contribution in [0.25, 0.3) is 0 Å². The normalized spacial score (nSPS) is 9.95. The van der Waals surface area contributed by atoms with E-state index in [9.17, 15) is 0 Å². The smallest absolute Gasteiger partial charge is 0.158 e. The zero-order valence-corrected chi connectivity index (χ0v) is 11.0. The molecule has 0 unspecified atom stereocenters. The lowest BCUT2D eigenvalue weighted by atomic mass is 10.2. The lowest BCUT2D eigenvalue weighted by Gasteiger charge is -2.07. The third-order valence-corrected chi connectivity index (χ3v) is 2.47. The van der Waals surface area contributed by atoms with Gasteiger partial charge in [-0.15, -0.1) is 0 Å². The van der Waals surface area contributed by atoms with Crippen LogP contribution in [-0.4, -0.2) is 17.1 Å². The number of nitriles is 1. The van der Waals surface area contributed by atoms with E-state index in [1.54, 1.807) is 31.4 Å². The third-order valence-electron chi connectivity index (χ3n) is 2.28. The molecule has 0 atom stereocenters. The number of nitrogens with zero attached hydrogens (tertiary/aromatic N) is 3. The molecule has 1 heterocycles. The summed E-state index contributed by atoms with van der Waals surface area (Å²) in [6, 6.07) is 10.8. The summed E-state index contributed by atoms with van der Waals surface area (Å²) in [7, 11) is 1.56. The van der Waals surface area contributed by atoms with Gasteiger partial charge < -0.3 is 10.1 Å². The second kappa shape index (κ2) is 6.14. The molecule has 0 saturated carbocycles. The standard InChI is InChI=1S/C13H11ClN4O/c1-19-8-13-17-11(14)6-12(18-13)16-10-4-2-3-9(5-10)7-15/h2-6H,8H2,1H3,(H,16,17,18). The van der Waals surface area contributed by atoms with E-state index in [4.69, 9.17) is 21.6 Å². The lowest BCUT2D eigenvalue weighted by Crippen LogP contribution is -2.01. The van der Waals surface area contributed by atoms with Gasteiger partial charge in [-0.2, -0.15) is 5.26 Å². The van der Waals surface area contributed by atoms with E-state index in [0.29, 0.717) is 22.4 Å². The molecule has 0 bridgehead atoms. The van der Waals surface area contributed by atoms with Gasteiger partial charge in [-0.3, -0.25) is 0 Å². The Morgan fingerprint density at radius 2 is 2.21 bits per heavy atom. The van der Waals surface area contributed by atoms with Gasteiger partial charge in [-0.05, 0) is 18.2 Å². The predicted molar refractivity (Wildman–Crippen MR) is 72.2 cm³/mol. The quantitative estimate of drug-likeness (QED) is 0.868. The highest BCUT2D eigenvalue weighted by molar-refractivity contribution is 6.29. The number of anilines is 2. The molecule has 2 rings (SSSR count). The van der Waals surface area contributed by atoms with Crippen LogP contribution in [0.2, 0.25) is 5.15 Å². The lowest BCUT2D eigenvalue weighted by molar-refractivity contribution is 0.178. The van der Waals surface area contributed by atoms with E-state index in [-0.39, 0.29) is 6.61 Å². The molecule has 0 aliphatic carbocycles. The molecule has 0 aliphatic heterocycles. The Labute approximate surface area is 115 Å². The topological polar surface area (TPSA) is 70.8 Å². The maximum atomic E-state index is 8.85. The Hall–Kier alpha value is -2.16. The third kappa shape index (κ3) is 3.65. The number of halogens is 1. The van der Waals surface area contributed by atoms with Crippen molar-refractivity contribution in [2.45, 2.75) is 6.61 Å². The molecule has 1 aromatic carbocycles. The molecule has 96 valence electrons. The number of nitrogens with one attached hydrogen (secondary N) is 1. The Kier molecular flexibility index (Phi) is 4.29. The second-order valence-electron chi connectivity index (χ2n) is 3.74. The predicted octanol–water partition coefficient (Wildman–Crippen LogP) is 2.89. The van der Waals surface area contributed by atoms with Gasteiger partial charge in [-0.25, -0.2) is 9.97 Å². The summed E-state index contributed by atoms with van der Waals surface area (Å²) in [4.78, 5) is 8.30. The van der Waals surface area contributed by atoms with Crippen LogP contribution in [0, 0.1) is 11.3 Å². The van der Waals surface area contributed by atoms with Gasteiger partial charge in [0.1, 0.15) is 17.6 Å². The van der Waals surface area contributed by atoms with Crippen LogP contribution in [0.3, 0.4) is 0 Å². The maximum Gasteiger partial charge on any atom is 0.158 e. The molecule has 0 saturated heterocycles. The molecule has 0 radical (unpaired) electrons. The van der Waals surface area contributed by atoms with E-state index < -0.39 is 0 Å². The highest BCUT2D eigenvalue weighted by atomic mass is 35.5. The molecule has 2 aromatic rings. The van der Waals surface area contributed by atoms with E-state index >= 15 is 0 Å². The van der Waals surface area contributed by atoms with E-state index in [1.807, 2.05) is 6.07 Å². The number of ether oxygens (including phenoxy) is 1. The molecule has 1 aromatic heterocycles. The summed E-state index contributed by atoms with van der Waals surface area (Å²) in [5, 5.41) is 12.3. The SMILES string of the molecule is COCc1nc(Cl)cc(Nc2cccc(C#N)c2)n1. The van der Waals surface area contributed by atoms with Crippen LogP contribution < -0.4 is 5.32 Å². The molecule has 0 spiro atoms. The molecular weight excluding hydrogens is 264 g/mol. The first-order chi connectivity index (χ1) is 9.21. The minimum Gasteiger partial charge on any atom is -0.377 e. The maximum absolute atomic E-state index is 8.85. The van der Waals surface area contributed by atoms with Crippen LogP contribution in [0.4, 0.5) is 11.5 Å². The van der Waals surface area contributed by atoms with Gasteiger partial charge in [0.15, 0.2) is 5.82 Å². The van der Waals surface area contributed by atoms with Gasteiger partial charge in [-0.1, -0.05) is 17.7 Å². The fraction of sp³-hybridized carbons (Fsp3) is 0.154. The molecule has 6 heteroatoms. The van der Waals surface area contributed by atoms with Crippen LogP contribution in [0.5, 0.6) is 0 Å². The fourth-order valence-corrected chi connectivity index (χ4v) is 1.74. The molecular formula is C13H11ClN4O. The van der Waals surface area contributed by atoms with Crippen LogP contribution >= 0.6 is 11.6 Å². The van der Waals surface area contributed by atoms with Crippen LogP contribution in [-0.2, 0) is 11.3 Å². The Morgan fingerprint density at radius 3 is 2.95 bits per heavy atom. The van der Waals surface area contributed by atoms with Gasteiger partial charge >= 0.3 is 0 Å². The van der Waals surface area contributed by atoms with Crippen molar-refractivity contribution >= 4 is 23.1 Å². The summed E-state index contributed by atoms with van der Waals surface area (Å²) in [5.74, 6) is 1.05. The van der Waals surface area contributed by atoms with Crippen molar-refractivity contribution in [1.82, 2.24) is 9.97 Å². The average molecular weight is 275 g/mol. The van der Waals surface area contributed by atoms with Crippen molar-refractivity contribution in [2.75, 3.05) is 12.4 Å². The van der Waals surface area contributed by atoms with Crippen molar-refractivity contribution in [3.05, 3.63) is 46.9 Å². The first kappa shape index (κ1) is 13.3. The van der Waals surface area contributed by atoms with Crippen molar-refractivity contribution in [1.29, 1.82) is 5.26 Å². The van der Waals surface area contributed by atoms with Crippen molar-refractivity contribution < 1.29 is 4.74 Å². The first-order valence-electron chi connectivity index (χ1n) is 5.51. The van der Waals surface area contributed by atoms with Gasteiger partial charge in [0, 0.05) is 18.9 Å². The number of benzene rings is 1. The minimum absolute atomic E-state index is 0.285. The molecule has 1 N–H and O–H groups in total. The van der Waals surface area contributed by atoms with Gasteiger partial charge in [0.05, 0.1) is 11.6 Å². The van der Waals surface area contributed by atoms with Crippen molar-refractivity contribution in [3.8, 4) is 6.07 Å². The fourth-order valence-electron chi connectivity index (χ4n) is 1.54. The van der Waals surface area contributed by atoms with Gasteiger partial charge in [0.2, 0.25) is 0 Å². The number of rotatable bonds is 4. The number of hydrogen-bond donors (Lipinski definition) is 1. The van der Waals surface area contributed by atoms with Crippen LogP contribution in [0.1, 0.15) is 11.4 Å². The molecule has 19 heavy (non-hydrogen) atoms. The summed E-state index contributed by atoms with van der Waals surface area (Å²) in [6.45, 7) is 0.285. The van der Waals surface area contributed by atoms with Gasteiger partial charge in [0.25, 0.3) is 0 Å². The minimum atomic E-state index is 0.285. The van der Waals surface area contributed by atoms with E-state index in [0.717, 1.165) is 5.69 Å². The molecule has 0 aliphatic rings. The zero-order chi connectivity index (χ0) is 13.7. The number of aromatic nitrogens is 2. The summed E-state index contributed by atoms with van der Waals surface area (Å²) < 4.78 is 4.97. The average Bonchev–Trinajstić information content (AvgIpc) is 2.38. The Bertz CT molecular complexity index is 624. The number of methoxy groups -OCH3 is 1. The highest BCUT2D eigenvalue weighted by Gasteiger charge is 2.04. The Balaban J connectivity index is 2.25. The van der Waals surface area contributed by atoms with Crippen molar-refractivity contribution in [3.63, 3.8) is 0 Å². The first-order valence-corrected chi connectivity index (χ1v) is 5.88. The molecule has 5 nitrogen and oxygen atoms in total. The highest BCUT2D eigenvalue weighted by Crippen LogP contribution is 2.18. The zero-order valence-electron chi connectivity index (χ0n) is 10.2. The largest absolute Gasteiger partial charge is 0.377 e. The van der Waals surface area contributed by atoms with Crippen molar-refractivity contribution in [2.24, 2.45) is 0 Å². The molecule has 0 amide bonds. The summed E-state index contributed by atoms with van der Waals surface area (Å²) >= 11 is 5.91. The number of hydrogen-bond acceptors (Lipinski definition) is 5. The van der Waals surface area contributed by atoms with Crippen LogP contribution in [0.15, 0.2) is 30.3 Å².